The van der Waals surface area contributed by atoms with Crippen LogP contribution in [0.4, 0.5) is 0 Å². The Morgan fingerprint density at radius 2 is 2.05 bits per heavy atom. The average Bonchev–Trinajstić information content (AvgIpc) is 2.73. The largest absolute Gasteiger partial charge is 0.493 e. The lowest BCUT2D eigenvalue weighted by molar-refractivity contribution is 0.193. The van der Waals surface area contributed by atoms with Crippen molar-refractivity contribution in [3.63, 3.8) is 0 Å². The Balaban J connectivity index is 1.81. The third-order valence-corrected chi connectivity index (χ3v) is 4.05. The van der Waals surface area contributed by atoms with Gasteiger partial charge in [0.2, 0.25) is 0 Å². The fourth-order valence-electron chi connectivity index (χ4n) is 2.70. The fourth-order valence-corrected chi connectivity index (χ4v) is 2.70. The van der Waals surface area contributed by atoms with Crippen LogP contribution in [0.25, 0.3) is 0 Å². The number of nitrogens with one attached hydrogen (secondary N) is 1. The topological polar surface area (TPSA) is 33.7 Å². The molecule has 0 saturated carbocycles. The van der Waals surface area contributed by atoms with Crippen molar-refractivity contribution < 1.29 is 9.47 Å². The van der Waals surface area contributed by atoms with Crippen LogP contribution in [0.3, 0.4) is 0 Å². The average molecular weight is 292 g/mol. The first-order valence-corrected chi connectivity index (χ1v) is 7.92. The van der Waals surface area contributed by atoms with E-state index in [1.54, 1.807) is 7.11 Å². The molecule has 1 heterocycles. The van der Waals surface area contributed by atoms with Gasteiger partial charge in [-0.1, -0.05) is 26.0 Å². The number of hydrogen-bond acceptors (Lipinski definition) is 4. The van der Waals surface area contributed by atoms with Crippen molar-refractivity contribution in [2.24, 2.45) is 5.92 Å². The Kier molecular flexibility index (Phi) is 6.33. The summed E-state index contributed by atoms with van der Waals surface area (Å²) in [6.45, 7) is 9.60. The molecule has 0 amide bonds. The predicted molar refractivity (Wildman–Crippen MR) is 86.2 cm³/mol. The highest BCUT2D eigenvalue weighted by atomic mass is 16.5. The van der Waals surface area contributed by atoms with Crippen LogP contribution in [0.5, 0.6) is 11.5 Å². The lowest BCUT2D eigenvalue weighted by atomic mass is 10.0. The Morgan fingerprint density at radius 1 is 1.29 bits per heavy atom. The molecule has 118 valence electrons. The molecule has 21 heavy (non-hydrogen) atoms. The van der Waals surface area contributed by atoms with Gasteiger partial charge in [-0.3, -0.25) is 4.90 Å². The van der Waals surface area contributed by atoms with Crippen molar-refractivity contribution in [1.29, 1.82) is 0 Å². The number of benzene rings is 1. The van der Waals surface area contributed by atoms with Crippen molar-refractivity contribution in [3.05, 3.63) is 24.3 Å². The van der Waals surface area contributed by atoms with Gasteiger partial charge in [0.1, 0.15) is 6.61 Å². The molecular formula is C17H28N2O2. The summed E-state index contributed by atoms with van der Waals surface area (Å²) >= 11 is 0. The lowest BCUT2D eigenvalue weighted by Crippen LogP contribution is -2.42. The summed E-state index contributed by atoms with van der Waals surface area (Å²) in [5.74, 6) is 2.30. The summed E-state index contributed by atoms with van der Waals surface area (Å²) in [7, 11) is 1.68. The quantitative estimate of drug-likeness (QED) is 0.873. The van der Waals surface area contributed by atoms with Crippen LogP contribution in [0.1, 0.15) is 20.3 Å². The van der Waals surface area contributed by atoms with Crippen LogP contribution >= 0.6 is 0 Å². The highest BCUT2D eigenvalue weighted by molar-refractivity contribution is 5.39. The van der Waals surface area contributed by atoms with Crippen molar-refractivity contribution in [2.75, 3.05) is 39.9 Å². The van der Waals surface area contributed by atoms with E-state index < -0.39 is 0 Å². The maximum Gasteiger partial charge on any atom is 0.161 e. The zero-order valence-corrected chi connectivity index (χ0v) is 13.5. The molecule has 0 aromatic heterocycles. The van der Waals surface area contributed by atoms with Crippen LogP contribution in [0.2, 0.25) is 0 Å². The molecule has 0 spiro atoms. The molecule has 1 atom stereocenters. The van der Waals surface area contributed by atoms with E-state index in [2.05, 4.69) is 24.1 Å². The van der Waals surface area contributed by atoms with E-state index in [0.717, 1.165) is 37.7 Å². The second-order valence-corrected chi connectivity index (χ2v) is 5.96. The SMILES string of the molecule is COc1ccccc1OCCN1CCCNC(C(C)C)C1. The van der Waals surface area contributed by atoms with Crippen LogP contribution in [0.15, 0.2) is 24.3 Å². The van der Waals surface area contributed by atoms with E-state index in [1.165, 1.54) is 6.42 Å². The molecule has 4 nitrogen and oxygen atoms in total. The summed E-state index contributed by atoms with van der Waals surface area (Å²) in [5, 5.41) is 3.63. The highest BCUT2D eigenvalue weighted by Gasteiger charge is 2.19. The maximum absolute atomic E-state index is 5.88. The van der Waals surface area contributed by atoms with Crippen molar-refractivity contribution in [2.45, 2.75) is 26.3 Å². The van der Waals surface area contributed by atoms with Gasteiger partial charge in [-0.25, -0.2) is 0 Å². The van der Waals surface area contributed by atoms with Gasteiger partial charge < -0.3 is 14.8 Å². The second kappa shape index (κ2) is 8.25. The molecule has 1 N–H and O–H groups in total. The number of ether oxygens (including phenoxy) is 2. The second-order valence-electron chi connectivity index (χ2n) is 5.96. The Bertz CT molecular complexity index is 423. The number of nitrogens with zero attached hydrogens (tertiary/aromatic N) is 1. The standard InChI is InChI=1S/C17H28N2O2/c1-14(2)15-13-19(10-6-9-18-15)11-12-21-17-8-5-4-7-16(17)20-3/h4-5,7-8,14-15,18H,6,9-13H2,1-3H3. The first-order valence-electron chi connectivity index (χ1n) is 7.92. The molecule has 0 aliphatic carbocycles. The molecule has 1 aliphatic heterocycles. The summed E-state index contributed by atoms with van der Waals surface area (Å²) in [6, 6.07) is 8.40. The highest BCUT2D eigenvalue weighted by Crippen LogP contribution is 2.25. The number of para-hydroxylation sites is 2. The summed E-state index contributed by atoms with van der Waals surface area (Å²) in [6.07, 6.45) is 1.21. The normalized spacial score (nSPS) is 20.3. The van der Waals surface area contributed by atoms with E-state index in [4.69, 9.17) is 9.47 Å². The van der Waals surface area contributed by atoms with Crippen LogP contribution in [0, 0.1) is 5.92 Å². The van der Waals surface area contributed by atoms with E-state index in [1.807, 2.05) is 24.3 Å². The van der Waals surface area contributed by atoms with Crippen molar-refractivity contribution in [3.8, 4) is 11.5 Å². The first-order chi connectivity index (χ1) is 10.2. The molecule has 0 radical (unpaired) electrons. The summed E-state index contributed by atoms with van der Waals surface area (Å²) in [4.78, 5) is 2.50. The molecule has 0 bridgehead atoms. The molecule has 1 aliphatic rings. The molecular weight excluding hydrogens is 264 g/mol. The third-order valence-electron chi connectivity index (χ3n) is 4.05. The van der Waals surface area contributed by atoms with Gasteiger partial charge in [-0.05, 0) is 37.6 Å². The van der Waals surface area contributed by atoms with Gasteiger partial charge in [0.25, 0.3) is 0 Å². The lowest BCUT2D eigenvalue weighted by Gasteiger charge is -2.26. The van der Waals surface area contributed by atoms with Gasteiger partial charge in [0.15, 0.2) is 11.5 Å². The molecule has 2 rings (SSSR count). The molecule has 4 heteroatoms. The predicted octanol–water partition coefficient (Wildman–Crippen LogP) is 2.39. The Labute approximate surface area is 128 Å². The summed E-state index contributed by atoms with van der Waals surface area (Å²) in [5.41, 5.74) is 0. The van der Waals surface area contributed by atoms with Gasteiger partial charge in [0.05, 0.1) is 7.11 Å². The van der Waals surface area contributed by atoms with E-state index >= 15 is 0 Å². The number of methoxy groups -OCH3 is 1. The van der Waals surface area contributed by atoms with E-state index in [9.17, 15) is 0 Å². The zero-order chi connectivity index (χ0) is 15.1. The third kappa shape index (κ3) is 4.90. The molecule has 1 saturated heterocycles. The van der Waals surface area contributed by atoms with Gasteiger partial charge in [-0.2, -0.15) is 0 Å². The summed E-state index contributed by atoms with van der Waals surface area (Å²) < 4.78 is 11.2. The van der Waals surface area contributed by atoms with Gasteiger partial charge >= 0.3 is 0 Å². The minimum absolute atomic E-state index is 0.582. The maximum atomic E-state index is 5.88. The van der Waals surface area contributed by atoms with E-state index in [0.29, 0.717) is 18.6 Å². The van der Waals surface area contributed by atoms with Gasteiger partial charge in [-0.15, -0.1) is 0 Å². The van der Waals surface area contributed by atoms with Crippen molar-refractivity contribution >= 4 is 0 Å². The molecule has 1 aromatic rings. The van der Waals surface area contributed by atoms with Crippen LogP contribution in [-0.4, -0.2) is 50.8 Å². The minimum Gasteiger partial charge on any atom is -0.493 e. The van der Waals surface area contributed by atoms with Gasteiger partial charge in [0, 0.05) is 19.1 Å². The van der Waals surface area contributed by atoms with Crippen LogP contribution < -0.4 is 14.8 Å². The number of hydrogen-bond donors (Lipinski definition) is 1. The van der Waals surface area contributed by atoms with E-state index in [-0.39, 0.29) is 0 Å². The Hall–Kier alpha value is -1.26. The van der Waals surface area contributed by atoms with Crippen LogP contribution in [-0.2, 0) is 0 Å². The minimum atomic E-state index is 0.582. The fraction of sp³-hybridized carbons (Fsp3) is 0.647. The smallest absolute Gasteiger partial charge is 0.161 e. The number of rotatable bonds is 6. The molecule has 1 unspecified atom stereocenters. The monoisotopic (exact) mass is 292 g/mol. The Morgan fingerprint density at radius 3 is 2.76 bits per heavy atom. The first kappa shape index (κ1) is 16.1. The zero-order valence-electron chi connectivity index (χ0n) is 13.5. The van der Waals surface area contributed by atoms with Crippen molar-refractivity contribution in [1.82, 2.24) is 10.2 Å². The molecule has 1 aromatic carbocycles. The molecule has 1 fully saturated rings.